The minimum Gasteiger partial charge on any atom is -0.497 e. The Hall–Kier alpha value is -2.83. The van der Waals surface area contributed by atoms with Gasteiger partial charge in [0.05, 0.1) is 18.8 Å². The van der Waals surface area contributed by atoms with Crippen molar-refractivity contribution in [3.63, 3.8) is 0 Å². The van der Waals surface area contributed by atoms with Crippen molar-refractivity contribution in [2.75, 3.05) is 20.2 Å². The molecule has 2 aromatic rings. The average molecular weight is 357 g/mol. The Morgan fingerprint density at radius 1 is 1.35 bits per heavy atom. The van der Waals surface area contributed by atoms with E-state index in [4.69, 9.17) is 9.26 Å². The van der Waals surface area contributed by atoms with Crippen LogP contribution in [0.3, 0.4) is 0 Å². The van der Waals surface area contributed by atoms with Crippen molar-refractivity contribution in [1.82, 2.24) is 15.4 Å². The fraction of sp³-hybridized carbons (Fsp3) is 0.421. The van der Waals surface area contributed by atoms with Gasteiger partial charge >= 0.3 is 0 Å². The lowest BCUT2D eigenvalue weighted by molar-refractivity contribution is -0.127. The Bertz CT molecular complexity index is 778. The van der Waals surface area contributed by atoms with Crippen LogP contribution in [0.5, 0.6) is 5.75 Å². The minimum atomic E-state index is -0.240. The van der Waals surface area contributed by atoms with Gasteiger partial charge in [-0.2, -0.15) is 0 Å². The second kappa shape index (κ2) is 7.59. The van der Waals surface area contributed by atoms with Crippen LogP contribution >= 0.6 is 0 Å². The number of aromatic nitrogens is 1. The number of rotatable bonds is 6. The first-order chi connectivity index (χ1) is 12.5. The highest BCUT2D eigenvalue weighted by molar-refractivity contribution is 5.96. The maximum atomic E-state index is 12.4. The predicted molar refractivity (Wildman–Crippen MR) is 95.1 cm³/mol. The molecule has 1 saturated heterocycles. The van der Waals surface area contributed by atoms with Gasteiger partial charge in [0.1, 0.15) is 17.1 Å². The molecule has 7 heteroatoms. The van der Waals surface area contributed by atoms with E-state index >= 15 is 0 Å². The topological polar surface area (TPSA) is 84.7 Å². The van der Waals surface area contributed by atoms with E-state index < -0.39 is 0 Å². The molecule has 0 unspecified atom stereocenters. The maximum absolute atomic E-state index is 12.4. The van der Waals surface area contributed by atoms with Crippen LogP contribution in [0.4, 0.5) is 0 Å². The average Bonchev–Trinajstić information content (AvgIpc) is 3.14. The summed E-state index contributed by atoms with van der Waals surface area (Å²) in [5.74, 6) is 1.12. The summed E-state index contributed by atoms with van der Waals surface area (Å²) in [4.78, 5) is 26.4. The second-order valence-corrected chi connectivity index (χ2v) is 6.51. The zero-order valence-corrected chi connectivity index (χ0v) is 15.2. The Kier molecular flexibility index (Phi) is 5.25. The standard InChI is InChI=1S/C19H23N3O4/c1-12-18(13(2)26-21-12)19(24)20-15-10-17(23)22(11-15)9-8-14-4-6-16(25-3)7-5-14/h4-7,15H,8-11H2,1-3H3,(H,20,24)/t15-/m0/s1. The molecule has 1 aromatic carbocycles. The molecule has 0 radical (unpaired) electrons. The molecule has 7 nitrogen and oxygen atoms in total. The van der Waals surface area contributed by atoms with Crippen molar-refractivity contribution in [3.8, 4) is 5.75 Å². The van der Waals surface area contributed by atoms with Crippen LogP contribution in [0.1, 0.15) is 33.8 Å². The number of carbonyl (C=O) groups excluding carboxylic acids is 2. The largest absolute Gasteiger partial charge is 0.497 e. The summed E-state index contributed by atoms with van der Waals surface area (Å²) in [6, 6.07) is 7.62. The first-order valence-corrected chi connectivity index (χ1v) is 8.62. The monoisotopic (exact) mass is 357 g/mol. The number of nitrogens with zero attached hydrogens (tertiary/aromatic N) is 2. The second-order valence-electron chi connectivity index (χ2n) is 6.51. The first kappa shape index (κ1) is 18.0. The van der Waals surface area contributed by atoms with Gasteiger partial charge < -0.3 is 19.5 Å². The normalized spacial score (nSPS) is 16.8. The van der Waals surface area contributed by atoms with E-state index in [0.717, 1.165) is 17.7 Å². The number of aryl methyl sites for hydroxylation is 2. The number of carbonyl (C=O) groups is 2. The third-order valence-electron chi connectivity index (χ3n) is 4.64. The highest BCUT2D eigenvalue weighted by Gasteiger charge is 2.31. The lowest BCUT2D eigenvalue weighted by Crippen LogP contribution is -2.37. The summed E-state index contributed by atoms with van der Waals surface area (Å²) in [6.07, 6.45) is 1.08. The van der Waals surface area contributed by atoms with Crippen molar-refractivity contribution < 1.29 is 18.8 Å². The van der Waals surface area contributed by atoms with E-state index in [1.165, 1.54) is 0 Å². The van der Waals surface area contributed by atoms with Crippen LogP contribution in [-0.2, 0) is 11.2 Å². The molecule has 1 fully saturated rings. The van der Waals surface area contributed by atoms with Crippen LogP contribution in [0.25, 0.3) is 0 Å². The lowest BCUT2D eigenvalue weighted by atomic mass is 10.1. The maximum Gasteiger partial charge on any atom is 0.257 e. The van der Waals surface area contributed by atoms with E-state index in [-0.39, 0.29) is 17.9 Å². The fourth-order valence-electron chi connectivity index (χ4n) is 3.21. The molecule has 0 aliphatic carbocycles. The molecule has 2 heterocycles. The zero-order chi connectivity index (χ0) is 18.7. The summed E-state index contributed by atoms with van der Waals surface area (Å²) in [5.41, 5.74) is 2.15. The molecule has 26 heavy (non-hydrogen) atoms. The first-order valence-electron chi connectivity index (χ1n) is 8.62. The van der Waals surface area contributed by atoms with Crippen molar-refractivity contribution in [1.29, 1.82) is 0 Å². The Labute approximate surface area is 152 Å². The van der Waals surface area contributed by atoms with Gasteiger partial charge in [-0.05, 0) is 38.0 Å². The molecule has 0 bridgehead atoms. The van der Waals surface area contributed by atoms with Gasteiger partial charge in [-0.15, -0.1) is 0 Å². The number of hydrogen-bond acceptors (Lipinski definition) is 5. The van der Waals surface area contributed by atoms with E-state index in [1.807, 2.05) is 24.3 Å². The Morgan fingerprint density at radius 3 is 2.69 bits per heavy atom. The highest BCUT2D eigenvalue weighted by atomic mass is 16.5. The number of ether oxygens (including phenoxy) is 1. The quantitative estimate of drug-likeness (QED) is 0.853. The van der Waals surface area contributed by atoms with E-state index in [1.54, 1.807) is 25.9 Å². The summed E-state index contributed by atoms with van der Waals surface area (Å²) >= 11 is 0. The lowest BCUT2D eigenvalue weighted by Gasteiger charge is -2.17. The van der Waals surface area contributed by atoms with Crippen LogP contribution in [0.2, 0.25) is 0 Å². The summed E-state index contributed by atoms with van der Waals surface area (Å²) in [7, 11) is 1.63. The van der Waals surface area contributed by atoms with Crippen LogP contribution in [-0.4, -0.2) is 48.1 Å². The Morgan fingerprint density at radius 2 is 2.08 bits per heavy atom. The van der Waals surface area contributed by atoms with E-state index in [2.05, 4.69) is 10.5 Å². The van der Waals surface area contributed by atoms with E-state index in [9.17, 15) is 9.59 Å². The van der Waals surface area contributed by atoms with Gasteiger partial charge in [-0.3, -0.25) is 9.59 Å². The molecule has 2 amide bonds. The molecule has 1 N–H and O–H groups in total. The summed E-state index contributed by atoms with van der Waals surface area (Å²) in [5, 5.41) is 6.71. The fourth-order valence-corrected chi connectivity index (χ4v) is 3.21. The SMILES string of the molecule is COc1ccc(CCN2C[C@@H](NC(=O)c3c(C)noc3C)CC2=O)cc1. The number of amides is 2. The van der Waals surface area contributed by atoms with Gasteiger partial charge in [0.2, 0.25) is 5.91 Å². The predicted octanol–water partition coefficient (Wildman–Crippen LogP) is 1.87. The van der Waals surface area contributed by atoms with Crippen molar-refractivity contribution in [2.45, 2.75) is 32.7 Å². The molecule has 138 valence electrons. The number of methoxy groups -OCH3 is 1. The smallest absolute Gasteiger partial charge is 0.257 e. The van der Waals surface area contributed by atoms with Crippen molar-refractivity contribution in [2.24, 2.45) is 0 Å². The van der Waals surface area contributed by atoms with Gasteiger partial charge in [-0.25, -0.2) is 0 Å². The molecule has 0 spiro atoms. The van der Waals surface area contributed by atoms with Gasteiger partial charge in [0, 0.05) is 19.5 Å². The van der Waals surface area contributed by atoms with Crippen molar-refractivity contribution >= 4 is 11.8 Å². The molecule has 1 aliphatic heterocycles. The summed E-state index contributed by atoms with van der Waals surface area (Å²) < 4.78 is 10.2. The molecular weight excluding hydrogens is 334 g/mol. The number of nitrogens with one attached hydrogen (secondary N) is 1. The molecule has 1 atom stereocenters. The number of benzene rings is 1. The van der Waals surface area contributed by atoms with Crippen LogP contribution < -0.4 is 10.1 Å². The number of likely N-dealkylation sites (tertiary alicyclic amines) is 1. The third-order valence-corrected chi connectivity index (χ3v) is 4.64. The zero-order valence-electron chi connectivity index (χ0n) is 15.2. The van der Waals surface area contributed by atoms with Gasteiger partial charge in [-0.1, -0.05) is 17.3 Å². The van der Waals surface area contributed by atoms with Crippen LogP contribution in [0.15, 0.2) is 28.8 Å². The Balaban J connectivity index is 1.54. The molecule has 1 aromatic heterocycles. The minimum absolute atomic E-state index is 0.0579. The van der Waals surface area contributed by atoms with Crippen molar-refractivity contribution in [3.05, 3.63) is 46.8 Å². The number of hydrogen-bond donors (Lipinski definition) is 1. The van der Waals surface area contributed by atoms with E-state index in [0.29, 0.717) is 36.5 Å². The third kappa shape index (κ3) is 3.87. The molecular formula is C19H23N3O4. The summed E-state index contributed by atoms with van der Waals surface area (Å²) in [6.45, 7) is 4.58. The molecule has 0 saturated carbocycles. The van der Waals surface area contributed by atoms with Gasteiger partial charge in [0.15, 0.2) is 0 Å². The van der Waals surface area contributed by atoms with Gasteiger partial charge in [0.25, 0.3) is 5.91 Å². The van der Waals surface area contributed by atoms with Crippen LogP contribution in [0, 0.1) is 13.8 Å². The molecule has 3 rings (SSSR count). The highest BCUT2D eigenvalue weighted by Crippen LogP contribution is 2.17. The molecule has 1 aliphatic rings.